The summed E-state index contributed by atoms with van der Waals surface area (Å²) in [5.74, 6) is -1.29. The molecule has 0 radical (unpaired) electrons. The van der Waals surface area contributed by atoms with Crippen LogP contribution in [0.15, 0.2) is 53.3 Å². The van der Waals surface area contributed by atoms with Crippen molar-refractivity contribution >= 4 is 24.3 Å². The van der Waals surface area contributed by atoms with Crippen LogP contribution < -0.4 is 26.1 Å². The molecule has 156 valence electrons. The molecule has 0 aliphatic rings. The summed E-state index contributed by atoms with van der Waals surface area (Å²) in [6.45, 7) is 10.3. The van der Waals surface area contributed by atoms with Gasteiger partial charge in [0.25, 0.3) is 5.56 Å². The SMILES string of the molecule is C=c1[nH]n(-c2cccc(C(=O)[O-])c2)c(=O)/c1=C\c1ccc(N(CCC)CCC)cc1. The van der Waals surface area contributed by atoms with Gasteiger partial charge >= 0.3 is 0 Å². The highest BCUT2D eigenvalue weighted by Gasteiger charge is 2.07. The zero-order valence-electron chi connectivity index (χ0n) is 17.4. The molecule has 3 rings (SSSR count). The Morgan fingerprint density at radius 1 is 1.13 bits per heavy atom. The number of aromatic amines is 1. The first-order valence-electron chi connectivity index (χ1n) is 10.1. The second kappa shape index (κ2) is 9.31. The molecule has 0 bridgehead atoms. The molecule has 1 heterocycles. The van der Waals surface area contributed by atoms with Gasteiger partial charge in [-0.25, -0.2) is 4.68 Å². The van der Waals surface area contributed by atoms with Gasteiger partial charge in [0, 0.05) is 18.8 Å². The zero-order valence-corrected chi connectivity index (χ0v) is 17.4. The van der Waals surface area contributed by atoms with Crippen molar-refractivity contribution in [3.8, 4) is 5.69 Å². The fourth-order valence-corrected chi connectivity index (χ4v) is 3.46. The van der Waals surface area contributed by atoms with E-state index in [9.17, 15) is 14.7 Å². The third kappa shape index (κ3) is 4.54. The first-order valence-corrected chi connectivity index (χ1v) is 10.1. The van der Waals surface area contributed by atoms with Crippen LogP contribution in [0.4, 0.5) is 5.69 Å². The van der Waals surface area contributed by atoms with Crippen molar-refractivity contribution in [1.29, 1.82) is 0 Å². The van der Waals surface area contributed by atoms with E-state index in [1.54, 1.807) is 18.2 Å². The molecule has 0 aliphatic carbocycles. The quantitative estimate of drug-likeness (QED) is 0.615. The molecule has 0 saturated carbocycles. The van der Waals surface area contributed by atoms with E-state index in [2.05, 4.69) is 42.6 Å². The molecule has 0 amide bonds. The van der Waals surface area contributed by atoms with Crippen molar-refractivity contribution in [2.75, 3.05) is 18.0 Å². The van der Waals surface area contributed by atoms with Gasteiger partial charge in [0.05, 0.1) is 22.2 Å². The van der Waals surface area contributed by atoms with Gasteiger partial charge in [0.15, 0.2) is 0 Å². The lowest BCUT2D eigenvalue weighted by Gasteiger charge is -2.23. The van der Waals surface area contributed by atoms with Crippen LogP contribution in [0.25, 0.3) is 18.3 Å². The summed E-state index contributed by atoms with van der Waals surface area (Å²) in [7, 11) is 0. The maximum atomic E-state index is 12.9. The summed E-state index contributed by atoms with van der Waals surface area (Å²) in [4.78, 5) is 26.4. The maximum Gasteiger partial charge on any atom is 0.279 e. The average Bonchev–Trinajstić information content (AvgIpc) is 3.02. The highest BCUT2D eigenvalue weighted by Crippen LogP contribution is 2.16. The smallest absolute Gasteiger partial charge is 0.279 e. The highest BCUT2D eigenvalue weighted by atomic mass is 16.4. The van der Waals surface area contributed by atoms with Crippen molar-refractivity contribution in [2.45, 2.75) is 26.7 Å². The van der Waals surface area contributed by atoms with E-state index in [1.807, 2.05) is 12.1 Å². The number of hydrogen-bond donors (Lipinski definition) is 1. The lowest BCUT2D eigenvalue weighted by molar-refractivity contribution is -0.255. The number of aromatic nitrogens is 2. The molecule has 2 aromatic carbocycles. The van der Waals surface area contributed by atoms with E-state index in [0.29, 0.717) is 16.3 Å². The third-order valence-corrected chi connectivity index (χ3v) is 4.90. The molecular weight excluding hydrogens is 378 g/mol. The molecule has 6 heteroatoms. The van der Waals surface area contributed by atoms with E-state index in [-0.39, 0.29) is 11.1 Å². The third-order valence-electron chi connectivity index (χ3n) is 4.90. The Balaban J connectivity index is 1.97. The fourth-order valence-electron chi connectivity index (χ4n) is 3.46. The highest BCUT2D eigenvalue weighted by molar-refractivity contribution is 5.86. The Morgan fingerprint density at radius 3 is 2.40 bits per heavy atom. The molecule has 0 fully saturated rings. The maximum absolute atomic E-state index is 12.9. The molecule has 30 heavy (non-hydrogen) atoms. The van der Waals surface area contributed by atoms with Crippen molar-refractivity contribution in [3.05, 3.63) is 80.6 Å². The van der Waals surface area contributed by atoms with E-state index < -0.39 is 5.97 Å². The van der Waals surface area contributed by atoms with Crippen LogP contribution >= 0.6 is 0 Å². The Bertz CT molecular complexity index is 1180. The molecule has 1 N–H and O–H groups in total. The van der Waals surface area contributed by atoms with E-state index in [1.165, 1.54) is 16.8 Å². The molecular formula is C24H26N3O3-. The van der Waals surface area contributed by atoms with Crippen LogP contribution in [0.1, 0.15) is 42.6 Å². The largest absolute Gasteiger partial charge is 0.545 e. The van der Waals surface area contributed by atoms with E-state index in [0.717, 1.165) is 37.2 Å². The van der Waals surface area contributed by atoms with Crippen LogP contribution in [-0.2, 0) is 0 Å². The normalized spacial score (nSPS) is 11.6. The van der Waals surface area contributed by atoms with Gasteiger partial charge < -0.3 is 14.8 Å². The molecule has 1 aromatic heterocycles. The van der Waals surface area contributed by atoms with Gasteiger partial charge in [-0.15, -0.1) is 0 Å². The topological polar surface area (TPSA) is 81.2 Å². The van der Waals surface area contributed by atoms with Crippen molar-refractivity contribution < 1.29 is 9.90 Å². The molecule has 3 aromatic rings. The lowest BCUT2D eigenvalue weighted by atomic mass is 10.1. The minimum atomic E-state index is -1.29. The predicted octanol–water partition coefficient (Wildman–Crippen LogP) is 1.39. The van der Waals surface area contributed by atoms with Crippen LogP contribution in [0.5, 0.6) is 0 Å². The number of nitrogens with one attached hydrogen (secondary N) is 1. The number of hydrogen-bond acceptors (Lipinski definition) is 4. The van der Waals surface area contributed by atoms with Crippen molar-refractivity contribution in [2.24, 2.45) is 0 Å². The Labute approximate surface area is 175 Å². The number of rotatable bonds is 8. The fraction of sp³-hybridized carbons (Fsp3) is 0.250. The Hall–Kier alpha value is -3.54. The van der Waals surface area contributed by atoms with Gasteiger partial charge in [-0.2, -0.15) is 0 Å². The number of carboxylic acid groups (broad SMARTS) is 1. The monoisotopic (exact) mass is 404 g/mol. The second-order valence-corrected chi connectivity index (χ2v) is 7.21. The Kier molecular flexibility index (Phi) is 6.57. The lowest BCUT2D eigenvalue weighted by Crippen LogP contribution is -2.34. The van der Waals surface area contributed by atoms with Gasteiger partial charge in [0.2, 0.25) is 0 Å². The number of nitrogens with zero attached hydrogens (tertiary/aromatic N) is 2. The van der Waals surface area contributed by atoms with Crippen LogP contribution in [0.3, 0.4) is 0 Å². The van der Waals surface area contributed by atoms with Crippen molar-refractivity contribution in [3.63, 3.8) is 0 Å². The van der Waals surface area contributed by atoms with E-state index in [4.69, 9.17) is 0 Å². The molecule has 0 spiro atoms. The van der Waals surface area contributed by atoms with Crippen molar-refractivity contribution in [1.82, 2.24) is 9.78 Å². The minimum Gasteiger partial charge on any atom is -0.545 e. The van der Waals surface area contributed by atoms with Crippen LogP contribution in [0, 0.1) is 0 Å². The standard InChI is InChI=1S/C24H27N3O3/c1-4-13-26(14-5-2)20-11-9-18(10-12-20)15-22-17(3)25-27(23(22)28)21-8-6-7-19(16-21)24(29)30/h6-12,15-16,25H,3-5,13-14H2,1-2H3,(H,29,30)/p-1/b22-15-. The van der Waals surface area contributed by atoms with Gasteiger partial charge in [-0.3, -0.25) is 9.89 Å². The second-order valence-electron chi connectivity index (χ2n) is 7.21. The summed E-state index contributed by atoms with van der Waals surface area (Å²) >= 11 is 0. The predicted molar refractivity (Wildman–Crippen MR) is 118 cm³/mol. The van der Waals surface area contributed by atoms with Gasteiger partial charge in [0.1, 0.15) is 0 Å². The first kappa shape index (κ1) is 21.2. The number of benzene rings is 2. The molecule has 0 aliphatic heterocycles. The van der Waals surface area contributed by atoms with Gasteiger partial charge in [-0.05, 0) is 54.3 Å². The average molecular weight is 404 g/mol. The minimum absolute atomic E-state index is 0.00411. The molecule has 0 unspecified atom stereocenters. The van der Waals surface area contributed by atoms with Crippen LogP contribution in [0.2, 0.25) is 0 Å². The van der Waals surface area contributed by atoms with Crippen LogP contribution in [-0.4, -0.2) is 28.8 Å². The number of aromatic carboxylic acids is 1. The molecule has 0 atom stereocenters. The summed E-state index contributed by atoms with van der Waals surface area (Å²) < 4.78 is 1.29. The number of carboxylic acids is 1. The molecule has 0 saturated heterocycles. The summed E-state index contributed by atoms with van der Waals surface area (Å²) in [5, 5.41) is 14.9. The van der Waals surface area contributed by atoms with E-state index >= 15 is 0 Å². The Morgan fingerprint density at radius 2 is 1.80 bits per heavy atom. The summed E-state index contributed by atoms with van der Waals surface area (Å²) in [5.41, 5.74) is 2.18. The summed E-state index contributed by atoms with van der Waals surface area (Å²) in [6, 6.07) is 14.1. The number of carbonyl (C=O) groups is 1. The molecule has 6 nitrogen and oxygen atoms in total. The first-order chi connectivity index (χ1) is 14.4. The number of anilines is 1. The van der Waals surface area contributed by atoms with Gasteiger partial charge in [-0.1, -0.05) is 44.7 Å². The zero-order chi connectivity index (χ0) is 21.7. The number of carbonyl (C=O) groups excluding carboxylic acids is 1. The number of H-pyrrole nitrogens is 1. The summed E-state index contributed by atoms with van der Waals surface area (Å²) in [6.07, 6.45) is 3.95.